The Morgan fingerprint density at radius 2 is 2.08 bits per heavy atom. The quantitative estimate of drug-likeness (QED) is 0.733. The minimum absolute atomic E-state index is 0.0706. The van der Waals surface area contributed by atoms with Crippen LogP contribution in [0.15, 0.2) is 36.9 Å². The number of likely N-dealkylation sites (tertiary alicyclic amines) is 1. The number of benzene rings is 1. The Balaban J connectivity index is 1.49. The van der Waals surface area contributed by atoms with Crippen molar-refractivity contribution in [3.8, 4) is 17.1 Å². The first-order valence-corrected chi connectivity index (χ1v) is 9.60. The van der Waals surface area contributed by atoms with Crippen molar-refractivity contribution in [2.45, 2.75) is 18.9 Å². The van der Waals surface area contributed by atoms with Crippen LogP contribution in [0.25, 0.3) is 11.3 Å². The molecule has 3 rings (SSSR count). The van der Waals surface area contributed by atoms with Gasteiger partial charge in [-0.3, -0.25) is 9.69 Å². The van der Waals surface area contributed by atoms with Gasteiger partial charge in [0.2, 0.25) is 0 Å². The maximum Gasteiger partial charge on any atom is 0.258 e. The SMILES string of the molecule is C=CCN1CCC(NC(=O)COc2nsnc2-c2ccc(Cl)cc2)CC1. The Kier molecular flexibility index (Phi) is 6.60. The smallest absolute Gasteiger partial charge is 0.258 e. The molecule has 2 heterocycles. The zero-order valence-electron chi connectivity index (χ0n) is 14.4. The molecule has 1 amide bonds. The fraction of sp³-hybridized carbons (Fsp3) is 0.389. The standard InChI is InChI=1S/C18H21ClN4O2S/c1-2-9-23-10-7-15(8-11-23)20-16(24)12-25-18-17(21-26-22-18)13-3-5-14(19)6-4-13/h2-6,15H,1,7-12H2,(H,20,24). The van der Waals surface area contributed by atoms with E-state index in [2.05, 4.69) is 25.5 Å². The summed E-state index contributed by atoms with van der Waals surface area (Å²) in [6.45, 7) is 6.52. The molecule has 138 valence electrons. The number of hydrogen-bond acceptors (Lipinski definition) is 6. The lowest BCUT2D eigenvalue weighted by Gasteiger charge is -2.31. The van der Waals surface area contributed by atoms with Gasteiger partial charge < -0.3 is 10.1 Å². The van der Waals surface area contributed by atoms with E-state index in [9.17, 15) is 4.79 Å². The lowest BCUT2D eigenvalue weighted by atomic mass is 10.1. The zero-order valence-corrected chi connectivity index (χ0v) is 15.9. The first kappa shape index (κ1) is 18.8. The van der Waals surface area contributed by atoms with Gasteiger partial charge in [0.25, 0.3) is 11.8 Å². The first-order valence-electron chi connectivity index (χ1n) is 8.49. The summed E-state index contributed by atoms with van der Waals surface area (Å²) in [6.07, 6.45) is 3.79. The van der Waals surface area contributed by atoms with Crippen LogP contribution >= 0.6 is 23.3 Å². The molecule has 1 saturated heterocycles. The van der Waals surface area contributed by atoms with E-state index in [4.69, 9.17) is 16.3 Å². The predicted molar refractivity (Wildman–Crippen MR) is 104 cm³/mol. The molecule has 2 aromatic rings. The average molecular weight is 393 g/mol. The van der Waals surface area contributed by atoms with E-state index in [1.807, 2.05) is 18.2 Å². The largest absolute Gasteiger partial charge is 0.465 e. The molecule has 0 unspecified atom stereocenters. The highest BCUT2D eigenvalue weighted by molar-refractivity contribution is 6.99. The highest BCUT2D eigenvalue weighted by Gasteiger charge is 2.20. The molecule has 8 heteroatoms. The van der Waals surface area contributed by atoms with Gasteiger partial charge >= 0.3 is 0 Å². The van der Waals surface area contributed by atoms with Crippen molar-refractivity contribution in [2.24, 2.45) is 0 Å². The second-order valence-electron chi connectivity index (χ2n) is 6.14. The predicted octanol–water partition coefficient (Wildman–Crippen LogP) is 3.00. The maximum atomic E-state index is 12.2. The molecule has 0 radical (unpaired) electrons. The van der Waals surface area contributed by atoms with E-state index < -0.39 is 0 Å². The minimum Gasteiger partial charge on any atom is -0.465 e. The summed E-state index contributed by atoms with van der Waals surface area (Å²) in [5, 5.41) is 3.68. The topological polar surface area (TPSA) is 67.4 Å². The Hall–Kier alpha value is -1.96. The summed E-state index contributed by atoms with van der Waals surface area (Å²) in [5.41, 5.74) is 1.48. The zero-order chi connectivity index (χ0) is 18.4. The Morgan fingerprint density at radius 1 is 1.35 bits per heavy atom. The van der Waals surface area contributed by atoms with Crippen molar-refractivity contribution in [3.05, 3.63) is 41.9 Å². The van der Waals surface area contributed by atoms with Gasteiger partial charge in [0.1, 0.15) is 5.69 Å². The van der Waals surface area contributed by atoms with E-state index in [1.54, 1.807) is 12.1 Å². The molecular weight excluding hydrogens is 372 g/mol. The van der Waals surface area contributed by atoms with E-state index >= 15 is 0 Å². The third-order valence-corrected chi connectivity index (χ3v) is 5.02. The van der Waals surface area contributed by atoms with Gasteiger partial charge in [0.15, 0.2) is 6.61 Å². The molecule has 0 atom stereocenters. The molecule has 0 bridgehead atoms. The van der Waals surface area contributed by atoms with Gasteiger partial charge in [-0.25, -0.2) is 0 Å². The summed E-state index contributed by atoms with van der Waals surface area (Å²) in [7, 11) is 0. The molecule has 0 saturated carbocycles. The van der Waals surface area contributed by atoms with Gasteiger partial charge in [0, 0.05) is 36.3 Å². The number of piperidine rings is 1. The van der Waals surface area contributed by atoms with Crippen LogP contribution in [0.4, 0.5) is 0 Å². The fourth-order valence-corrected chi connectivity index (χ4v) is 3.55. The van der Waals surface area contributed by atoms with Crippen LogP contribution in [0.5, 0.6) is 5.88 Å². The van der Waals surface area contributed by atoms with Crippen molar-refractivity contribution >= 4 is 29.2 Å². The van der Waals surface area contributed by atoms with Gasteiger partial charge in [-0.1, -0.05) is 29.8 Å². The number of carbonyl (C=O) groups is 1. The number of nitrogens with zero attached hydrogens (tertiary/aromatic N) is 3. The number of rotatable bonds is 7. The Morgan fingerprint density at radius 3 is 2.77 bits per heavy atom. The molecule has 1 aliphatic heterocycles. The highest BCUT2D eigenvalue weighted by atomic mass is 35.5. The number of amides is 1. The van der Waals surface area contributed by atoms with Crippen molar-refractivity contribution in [1.29, 1.82) is 0 Å². The van der Waals surface area contributed by atoms with Gasteiger partial charge in [-0.15, -0.1) is 11.0 Å². The van der Waals surface area contributed by atoms with Crippen LogP contribution in [-0.4, -0.2) is 51.8 Å². The van der Waals surface area contributed by atoms with Gasteiger partial charge in [0.05, 0.1) is 11.7 Å². The molecule has 0 spiro atoms. The maximum absolute atomic E-state index is 12.2. The van der Waals surface area contributed by atoms with Crippen LogP contribution in [0.1, 0.15) is 12.8 Å². The van der Waals surface area contributed by atoms with Gasteiger partial charge in [-0.05, 0) is 25.0 Å². The molecule has 6 nitrogen and oxygen atoms in total. The Labute approximate surface area is 162 Å². The lowest BCUT2D eigenvalue weighted by Crippen LogP contribution is -2.45. The number of nitrogens with one attached hydrogen (secondary N) is 1. The van der Waals surface area contributed by atoms with Crippen LogP contribution in [0.2, 0.25) is 5.02 Å². The Bertz CT molecular complexity index is 742. The van der Waals surface area contributed by atoms with Crippen molar-refractivity contribution in [3.63, 3.8) is 0 Å². The lowest BCUT2D eigenvalue weighted by molar-refractivity contribution is -0.124. The second kappa shape index (κ2) is 9.12. The normalized spacial score (nSPS) is 15.6. The number of aromatic nitrogens is 2. The third-order valence-electron chi connectivity index (χ3n) is 4.26. The van der Waals surface area contributed by atoms with Crippen molar-refractivity contribution in [1.82, 2.24) is 19.0 Å². The van der Waals surface area contributed by atoms with Crippen LogP contribution < -0.4 is 10.1 Å². The van der Waals surface area contributed by atoms with Crippen LogP contribution in [0, 0.1) is 0 Å². The molecule has 1 fully saturated rings. The summed E-state index contributed by atoms with van der Waals surface area (Å²) in [5.74, 6) is 0.232. The summed E-state index contributed by atoms with van der Waals surface area (Å²) in [6, 6.07) is 7.46. The summed E-state index contributed by atoms with van der Waals surface area (Å²) >= 11 is 6.96. The molecule has 1 aromatic heterocycles. The van der Waals surface area contributed by atoms with E-state index in [1.165, 1.54) is 0 Å². The number of halogens is 1. The molecule has 1 aliphatic rings. The van der Waals surface area contributed by atoms with E-state index in [0.29, 0.717) is 16.6 Å². The highest BCUT2D eigenvalue weighted by Crippen LogP contribution is 2.28. The van der Waals surface area contributed by atoms with E-state index in [-0.39, 0.29) is 18.6 Å². The molecule has 0 aliphatic carbocycles. The first-order chi connectivity index (χ1) is 12.7. The minimum atomic E-state index is -0.137. The monoisotopic (exact) mass is 392 g/mol. The average Bonchev–Trinajstić information content (AvgIpc) is 3.11. The fourth-order valence-electron chi connectivity index (χ4n) is 2.90. The van der Waals surface area contributed by atoms with Crippen LogP contribution in [-0.2, 0) is 4.79 Å². The second-order valence-corrected chi connectivity index (χ2v) is 7.11. The van der Waals surface area contributed by atoms with Gasteiger partial charge in [-0.2, -0.15) is 4.37 Å². The van der Waals surface area contributed by atoms with Crippen molar-refractivity contribution in [2.75, 3.05) is 26.2 Å². The molecule has 1 aromatic carbocycles. The molecular formula is C18H21ClN4O2S. The van der Waals surface area contributed by atoms with E-state index in [0.717, 1.165) is 49.8 Å². The number of carbonyl (C=O) groups excluding carboxylic acids is 1. The third kappa shape index (κ3) is 5.03. The van der Waals surface area contributed by atoms with Crippen LogP contribution in [0.3, 0.4) is 0 Å². The number of ether oxygens (including phenoxy) is 1. The number of hydrogen-bond donors (Lipinski definition) is 1. The van der Waals surface area contributed by atoms with Crippen molar-refractivity contribution < 1.29 is 9.53 Å². The summed E-state index contributed by atoms with van der Waals surface area (Å²) in [4.78, 5) is 14.5. The molecule has 1 N–H and O–H groups in total. The molecule has 26 heavy (non-hydrogen) atoms. The summed E-state index contributed by atoms with van der Waals surface area (Å²) < 4.78 is 14.0.